The molecule has 0 radical (unpaired) electrons. The second-order valence-corrected chi connectivity index (χ2v) is 3.83. The summed E-state index contributed by atoms with van der Waals surface area (Å²) in [6.07, 6.45) is 6.72. The van der Waals surface area contributed by atoms with Crippen molar-refractivity contribution in [1.82, 2.24) is 14.5 Å². The summed E-state index contributed by atoms with van der Waals surface area (Å²) in [5, 5.41) is 8.97. The molecule has 1 aromatic rings. The average molecular weight is 223 g/mol. The number of aromatic nitrogens is 2. The van der Waals surface area contributed by atoms with Crippen LogP contribution in [0, 0.1) is 0 Å². The molecule has 16 heavy (non-hydrogen) atoms. The second kappa shape index (κ2) is 7.19. The van der Waals surface area contributed by atoms with Crippen molar-refractivity contribution in [2.75, 3.05) is 19.7 Å². The average Bonchev–Trinajstić information content (AvgIpc) is 2.67. The number of aliphatic hydroxyl groups is 1. The van der Waals surface area contributed by atoms with Crippen molar-refractivity contribution < 1.29 is 5.11 Å². The maximum atomic E-state index is 8.97. The highest BCUT2D eigenvalue weighted by Crippen LogP contribution is 2.05. The van der Waals surface area contributed by atoms with E-state index in [9.17, 15) is 0 Å². The number of nitrogens with zero attached hydrogens (tertiary/aromatic N) is 3. The van der Waals surface area contributed by atoms with Gasteiger partial charge < -0.3 is 9.67 Å². The number of hydrogen-bond acceptors (Lipinski definition) is 3. The molecule has 0 atom stereocenters. The van der Waals surface area contributed by atoms with Crippen LogP contribution in [0.2, 0.25) is 0 Å². The largest absolute Gasteiger partial charge is 0.395 e. The van der Waals surface area contributed by atoms with E-state index in [1.807, 2.05) is 18.6 Å². The van der Waals surface area contributed by atoms with Crippen LogP contribution in [0.4, 0.5) is 0 Å². The van der Waals surface area contributed by atoms with E-state index in [-0.39, 0.29) is 6.61 Å². The first-order valence-electron chi connectivity index (χ1n) is 5.75. The van der Waals surface area contributed by atoms with Crippen molar-refractivity contribution in [1.29, 1.82) is 0 Å². The van der Waals surface area contributed by atoms with Crippen LogP contribution < -0.4 is 0 Å². The van der Waals surface area contributed by atoms with Crippen molar-refractivity contribution in [3.8, 4) is 0 Å². The third-order valence-corrected chi connectivity index (χ3v) is 2.45. The Balaban J connectivity index is 2.60. The van der Waals surface area contributed by atoms with E-state index in [1.165, 1.54) is 5.69 Å². The lowest BCUT2D eigenvalue weighted by Crippen LogP contribution is -2.27. The fraction of sp³-hybridized carbons (Fsp3) is 0.583. The van der Waals surface area contributed by atoms with Gasteiger partial charge >= 0.3 is 0 Å². The van der Waals surface area contributed by atoms with Gasteiger partial charge in [-0.2, -0.15) is 0 Å². The summed E-state index contributed by atoms with van der Waals surface area (Å²) in [5.74, 6) is 0. The van der Waals surface area contributed by atoms with Crippen LogP contribution in [0.25, 0.3) is 0 Å². The Bertz CT molecular complexity index is 309. The Hall–Kier alpha value is -1.13. The molecular formula is C12H21N3O. The molecular weight excluding hydrogens is 202 g/mol. The van der Waals surface area contributed by atoms with Gasteiger partial charge in [-0.1, -0.05) is 13.0 Å². The molecule has 0 saturated heterocycles. The van der Waals surface area contributed by atoms with Gasteiger partial charge in [0.25, 0.3) is 0 Å². The Morgan fingerprint density at radius 2 is 2.44 bits per heavy atom. The van der Waals surface area contributed by atoms with E-state index in [4.69, 9.17) is 5.11 Å². The maximum Gasteiger partial charge on any atom is 0.0948 e. The summed E-state index contributed by atoms with van der Waals surface area (Å²) in [7, 11) is 0. The molecule has 1 N–H and O–H groups in total. The first-order chi connectivity index (χ1) is 7.81. The van der Waals surface area contributed by atoms with Crippen molar-refractivity contribution in [2.45, 2.75) is 26.4 Å². The summed E-state index contributed by atoms with van der Waals surface area (Å²) >= 11 is 0. The first kappa shape index (κ1) is 12.9. The molecule has 4 heteroatoms. The standard InChI is InChI=1S/C12H21N3O/c1-3-5-14(7-8-16)10-12-9-13-11-15(12)6-4-2/h3,9,11,16H,1,4-8,10H2,2H3. The third-order valence-electron chi connectivity index (χ3n) is 2.45. The van der Waals surface area contributed by atoms with Gasteiger partial charge in [0.15, 0.2) is 0 Å². The van der Waals surface area contributed by atoms with E-state index < -0.39 is 0 Å². The highest BCUT2D eigenvalue weighted by atomic mass is 16.3. The summed E-state index contributed by atoms with van der Waals surface area (Å²) in [6, 6.07) is 0. The van der Waals surface area contributed by atoms with Gasteiger partial charge in [0.2, 0.25) is 0 Å². The van der Waals surface area contributed by atoms with Gasteiger partial charge in [0.1, 0.15) is 0 Å². The monoisotopic (exact) mass is 223 g/mol. The molecule has 0 fully saturated rings. The molecule has 0 unspecified atom stereocenters. The topological polar surface area (TPSA) is 41.3 Å². The molecule has 1 rings (SSSR count). The second-order valence-electron chi connectivity index (χ2n) is 3.83. The fourth-order valence-corrected chi connectivity index (χ4v) is 1.71. The van der Waals surface area contributed by atoms with Crippen LogP contribution in [0.1, 0.15) is 19.0 Å². The third kappa shape index (κ3) is 3.79. The lowest BCUT2D eigenvalue weighted by atomic mass is 10.3. The minimum atomic E-state index is 0.176. The Morgan fingerprint density at radius 1 is 1.62 bits per heavy atom. The predicted molar refractivity (Wildman–Crippen MR) is 65.1 cm³/mol. The van der Waals surface area contributed by atoms with Crippen LogP contribution in [-0.2, 0) is 13.1 Å². The van der Waals surface area contributed by atoms with E-state index in [0.29, 0.717) is 6.54 Å². The highest BCUT2D eigenvalue weighted by molar-refractivity contribution is 4.98. The highest BCUT2D eigenvalue weighted by Gasteiger charge is 2.07. The van der Waals surface area contributed by atoms with Crippen molar-refractivity contribution in [2.24, 2.45) is 0 Å². The first-order valence-corrected chi connectivity index (χ1v) is 5.75. The molecule has 1 heterocycles. The Kier molecular flexibility index (Phi) is 5.82. The lowest BCUT2D eigenvalue weighted by Gasteiger charge is -2.19. The number of aliphatic hydroxyl groups excluding tert-OH is 1. The summed E-state index contributed by atoms with van der Waals surface area (Å²) < 4.78 is 2.16. The fourth-order valence-electron chi connectivity index (χ4n) is 1.71. The van der Waals surface area contributed by atoms with Gasteiger partial charge in [-0.15, -0.1) is 6.58 Å². The molecule has 4 nitrogen and oxygen atoms in total. The van der Waals surface area contributed by atoms with E-state index in [1.54, 1.807) is 0 Å². The smallest absolute Gasteiger partial charge is 0.0948 e. The molecule has 0 aromatic carbocycles. The zero-order valence-corrected chi connectivity index (χ0v) is 9.97. The minimum Gasteiger partial charge on any atom is -0.395 e. The van der Waals surface area contributed by atoms with Crippen LogP contribution in [-0.4, -0.2) is 39.3 Å². The summed E-state index contributed by atoms with van der Waals surface area (Å²) in [5.41, 5.74) is 1.19. The lowest BCUT2D eigenvalue weighted by molar-refractivity contribution is 0.200. The van der Waals surface area contributed by atoms with Crippen LogP contribution in [0.3, 0.4) is 0 Å². The Labute approximate surface area is 97.2 Å². The zero-order valence-electron chi connectivity index (χ0n) is 9.97. The van der Waals surface area contributed by atoms with E-state index in [0.717, 1.165) is 26.1 Å². The molecule has 0 aliphatic rings. The quantitative estimate of drug-likeness (QED) is 0.675. The van der Waals surface area contributed by atoms with Gasteiger partial charge in [0.05, 0.1) is 18.6 Å². The molecule has 0 bridgehead atoms. The molecule has 90 valence electrons. The normalized spacial score (nSPS) is 10.9. The van der Waals surface area contributed by atoms with Gasteiger partial charge in [-0.05, 0) is 6.42 Å². The van der Waals surface area contributed by atoms with E-state index >= 15 is 0 Å². The zero-order chi connectivity index (χ0) is 11.8. The minimum absolute atomic E-state index is 0.176. The number of imidazole rings is 1. The number of hydrogen-bond donors (Lipinski definition) is 1. The summed E-state index contributed by atoms with van der Waals surface area (Å²) in [4.78, 5) is 6.31. The van der Waals surface area contributed by atoms with Crippen molar-refractivity contribution in [3.05, 3.63) is 30.9 Å². The molecule has 0 aliphatic heterocycles. The number of aryl methyl sites for hydroxylation is 1. The summed E-state index contributed by atoms with van der Waals surface area (Å²) in [6.45, 7) is 9.32. The SMILES string of the molecule is C=CCN(CCO)Cc1cncn1CCC. The predicted octanol–water partition coefficient (Wildman–Crippen LogP) is 1.27. The van der Waals surface area contributed by atoms with Gasteiger partial charge in [-0.25, -0.2) is 4.98 Å². The van der Waals surface area contributed by atoms with Gasteiger partial charge in [-0.3, -0.25) is 4.90 Å². The molecule has 0 amide bonds. The Morgan fingerprint density at radius 3 is 3.06 bits per heavy atom. The molecule has 0 spiro atoms. The van der Waals surface area contributed by atoms with Crippen LogP contribution in [0.5, 0.6) is 0 Å². The van der Waals surface area contributed by atoms with Crippen LogP contribution in [0.15, 0.2) is 25.2 Å². The van der Waals surface area contributed by atoms with Gasteiger partial charge in [0, 0.05) is 32.4 Å². The van der Waals surface area contributed by atoms with Crippen molar-refractivity contribution >= 4 is 0 Å². The van der Waals surface area contributed by atoms with E-state index in [2.05, 4.69) is 28.0 Å². The molecule has 0 saturated carbocycles. The number of rotatable bonds is 8. The van der Waals surface area contributed by atoms with Crippen LogP contribution >= 0.6 is 0 Å². The van der Waals surface area contributed by atoms with Crippen molar-refractivity contribution in [3.63, 3.8) is 0 Å². The molecule has 0 aliphatic carbocycles. The maximum absolute atomic E-state index is 8.97. The molecule has 1 aromatic heterocycles.